The molecule has 0 saturated heterocycles. The number of hydrogen-bond donors (Lipinski definition) is 0. The third-order valence-electron chi connectivity index (χ3n) is 3.69. The molecule has 0 spiro atoms. The number of carbonyl (C=O) groups is 2. The first kappa shape index (κ1) is 15.2. The van der Waals surface area contributed by atoms with Crippen LogP contribution >= 0.6 is 0 Å². The van der Waals surface area contributed by atoms with E-state index >= 15 is 0 Å². The van der Waals surface area contributed by atoms with E-state index in [2.05, 4.69) is 6.92 Å². The second-order valence-corrected chi connectivity index (χ2v) is 5.33. The van der Waals surface area contributed by atoms with Gasteiger partial charge in [0.25, 0.3) is 0 Å². The first-order valence-electron chi connectivity index (χ1n) is 7.41. The van der Waals surface area contributed by atoms with Gasteiger partial charge >= 0.3 is 5.97 Å². The largest absolute Gasteiger partial charge is 0.462 e. The van der Waals surface area contributed by atoms with Crippen LogP contribution in [0, 0.1) is 5.92 Å². The van der Waals surface area contributed by atoms with Gasteiger partial charge < -0.3 is 9.53 Å². The zero-order valence-electron chi connectivity index (χ0n) is 11.5. The standard InChI is InChI=1S/C15H26O3/c1-2-3-4-9-15(17)18-14-8-6-5-7-13(12-16)10-11-14/h12-14H,2-11H2,1H3. The van der Waals surface area contributed by atoms with Crippen molar-refractivity contribution in [3.63, 3.8) is 0 Å². The highest BCUT2D eigenvalue weighted by Crippen LogP contribution is 2.23. The number of carbonyl (C=O) groups excluding carboxylic acids is 2. The first-order valence-corrected chi connectivity index (χ1v) is 7.41. The first-order chi connectivity index (χ1) is 8.76. The molecule has 2 atom stereocenters. The number of rotatable bonds is 6. The van der Waals surface area contributed by atoms with Crippen molar-refractivity contribution < 1.29 is 14.3 Å². The molecule has 0 aromatic carbocycles. The lowest BCUT2D eigenvalue weighted by Gasteiger charge is -2.22. The van der Waals surface area contributed by atoms with Crippen molar-refractivity contribution in [2.75, 3.05) is 0 Å². The molecule has 0 aromatic rings. The van der Waals surface area contributed by atoms with Gasteiger partial charge in [-0.3, -0.25) is 4.79 Å². The summed E-state index contributed by atoms with van der Waals surface area (Å²) in [6, 6.07) is 0. The third kappa shape index (κ3) is 6.18. The predicted octanol–water partition coefficient (Wildman–Crippen LogP) is 3.65. The van der Waals surface area contributed by atoms with Gasteiger partial charge in [-0.2, -0.15) is 0 Å². The maximum absolute atomic E-state index is 11.6. The highest BCUT2D eigenvalue weighted by molar-refractivity contribution is 5.69. The van der Waals surface area contributed by atoms with Crippen LogP contribution in [-0.2, 0) is 14.3 Å². The van der Waals surface area contributed by atoms with Gasteiger partial charge in [-0.1, -0.05) is 26.2 Å². The van der Waals surface area contributed by atoms with Crippen molar-refractivity contribution in [2.45, 2.75) is 77.2 Å². The van der Waals surface area contributed by atoms with Gasteiger partial charge in [0, 0.05) is 12.3 Å². The molecule has 104 valence electrons. The van der Waals surface area contributed by atoms with Crippen LogP contribution in [-0.4, -0.2) is 18.4 Å². The fraction of sp³-hybridized carbons (Fsp3) is 0.867. The molecule has 0 radical (unpaired) electrons. The average Bonchev–Trinajstić information content (AvgIpc) is 2.33. The van der Waals surface area contributed by atoms with Crippen molar-refractivity contribution in [1.82, 2.24) is 0 Å². The number of hydrogen-bond acceptors (Lipinski definition) is 3. The minimum Gasteiger partial charge on any atom is -0.462 e. The average molecular weight is 254 g/mol. The molecule has 0 N–H and O–H groups in total. The molecule has 0 heterocycles. The molecule has 2 unspecified atom stereocenters. The van der Waals surface area contributed by atoms with E-state index in [1.54, 1.807) is 0 Å². The summed E-state index contributed by atoms with van der Waals surface area (Å²) in [4.78, 5) is 22.5. The molecule has 18 heavy (non-hydrogen) atoms. The van der Waals surface area contributed by atoms with Crippen LogP contribution < -0.4 is 0 Å². The van der Waals surface area contributed by atoms with Gasteiger partial charge in [-0.15, -0.1) is 0 Å². The van der Waals surface area contributed by atoms with E-state index in [0.29, 0.717) is 6.42 Å². The van der Waals surface area contributed by atoms with E-state index in [4.69, 9.17) is 4.74 Å². The quantitative estimate of drug-likeness (QED) is 0.413. The minimum atomic E-state index is -0.0586. The van der Waals surface area contributed by atoms with Crippen molar-refractivity contribution in [3.05, 3.63) is 0 Å². The van der Waals surface area contributed by atoms with Gasteiger partial charge in [0.15, 0.2) is 0 Å². The topological polar surface area (TPSA) is 43.4 Å². The lowest BCUT2D eigenvalue weighted by Crippen LogP contribution is -2.21. The summed E-state index contributed by atoms with van der Waals surface area (Å²) < 4.78 is 5.51. The van der Waals surface area contributed by atoms with Crippen LogP contribution in [0.25, 0.3) is 0 Å². The Labute approximate surface area is 110 Å². The van der Waals surface area contributed by atoms with E-state index in [1.807, 2.05) is 0 Å². The summed E-state index contributed by atoms with van der Waals surface area (Å²) in [5, 5.41) is 0. The van der Waals surface area contributed by atoms with Gasteiger partial charge in [-0.05, 0) is 38.5 Å². The maximum Gasteiger partial charge on any atom is 0.306 e. The van der Waals surface area contributed by atoms with E-state index in [-0.39, 0.29) is 18.0 Å². The molecule has 1 fully saturated rings. The maximum atomic E-state index is 11.6. The Morgan fingerprint density at radius 3 is 2.67 bits per heavy atom. The molecular formula is C15H26O3. The smallest absolute Gasteiger partial charge is 0.306 e. The molecular weight excluding hydrogens is 228 g/mol. The van der Waals surface area contributed by atoms with E-state index in [1.165, 1.54) is 0 Å². The Balaban J connectivity index is 2.26. The van der Waals surface area contributed by atoms with Crippen molar-refractivity contribution in [3.8, 4) is 0 Å². The SMILES string of the molecule is CCCCCC(=O)OC1CCCCC(C=O)CC1. The summed E-state index contributed by atoms with van der Waals surface area (Å²) in [6.07, 6.45) is 10.6. The normalized spacial score (nSPS) is 24.9. The highest BCUT2D eigenvalue weighted by Gasteiger charge is 2.19. The monoisotopic (exact) mass is 254 g/mol. The van der Waals surface area contributed by atoms with E-state index < -0.39 is 0 Å². The number of unbranched alkanes of at least 4 members (excludes halogenated alkanes) is 2. The zero-order valence-corrected chi connectivity index (χ0v) is 11.5. The van der Waals surface area contributed by atoms with Crippen molar-refractivity contribution >= 4 is 12.3 Å². The van der Waals surface area contributed by atoms with Crippen molar-refractivity contribution in [1.29, 1.82) is 0 Å². The minimum absolute atomic E-state index is 0.0434. The lowest BCUT2D eigenvalue weighted by molar-refractivity contribution is -0.150. The van der Waals surface area contributed by atoms with Gasteiger partial charge in [0.1, 0.15) is 12.4 Å². The van der Waals surface area contributed by atoms with Crippen LogP contribution in [0.5, 0.6) is 0 Å². The second-order valence-electron chi connectivity index (χ2n) is 5.33. The number of ether oxygens (including phenoxy) is 1. The number of esters is 1. The van der Waals surface area contributed by atoms with E-state index in [0.717, 1.165) is 64.1 Å². The Morgan fingerprint density at radius 1 is 1.17 bits per heavy atom. The van der Waals surface area contributed by atoms with Gasteiger partial charge in [0.2, 0.25) is 0 Å². The zero-order chi connectivity index (χ0) is 13.2. The van der Waals surface area contributed by atoms with Crippen LogP contribution in [0.15, 0.2) is 0 Å². The van der Waals surface area contributed by atoms with Gasteiger partial charge in [0.05, 0.1) is 0 Å². The Hall–Kier alpha value is -0.860. The Bertz CT molecular complexity index is 250. The van der Waals surface area contributed by atoms with Crippen LogP contribution in [0.2, 0.25) is 0 Å². The van der Waals surface area contributed by atoms with Crippen molar-refractivity contribution in [2.24, 2.45) is 5.92 Å². The lowest BCUT2D eigenvalue weighted by atomic mass is 9.91. The molecule has 1 saturated carbocycles. The summed E-state index contributed by atoms with van der Waals surface area (Å²) >= 11 is 0. The molecule has 0 aliphatic heterocycles. The van der Waals surface area contributed by atoms with Crippen LogP contribution in [0.3, 0.4) is 0 Å². The molecule has 1 rings (SSSR count). The van der Waals surface area contributed by atoms with Gasteiger partial charge in [-0.25, -0.2) is 0 Å². The molecule has 0 bridgehead atoms. The second kappa shape index (κ2) is 9.12. The molecule has 3 heteroatoms. The molecule has 0 amide bonds. The number of aldehydes is 1. The summed E-state index contributed by atoms with van der Waals surface area (Å²) in [7, 11) is 0. The summed E-state index contributed by atoms with van der Waals surface area (Å²) in [6.45, 7) is 2.12. The third-order valence-corrected chi connectivity index (χ3v) is 3.69. The Kier molecular flexibility index (Phi) is 7.70. The van der Waals surface area contributed by atoms with Crippen LogP contribution in [0.4, 0.5) is 0 Å². The molecule has 0 aromatic heterocycles. The summed E-state index contributed by atoms with van der Waals surface area (Å²) in [5.74, 6) is 0.114. The van der Waals surface area contributed by atoms with E-state index in [9.17, 15) is 9.59 Å². The van der Waals surface area contributed by atoms with Crippen LogP contribution in [0.1, 0.15) is 71.1 Å². The fourth-order valence-corrected chi connectivity index (χ4v) is 2.49. The fourth-order valence-electron chi connectivity index (χ4n) is 2.49. The highest BCUT2D eigenvalue weighted by atomic mass is 16.5. The molecule has 1 aliphatic carbocycles. The predicted molar refractivity (Wildman–Crippen MR) is 71.3 cm³/mol. The molecule has 3 nitrogen and oxygen atoms in total. The molecule has 1 aliphatic rings. The summed E-state index contributed by atoms with van der Waals surface area (Å²) in [5.41, 5.74) is 0. The Morgan fingerprint density at radius 2 is 1.94 bits per heavy atom.